The second-order valence-corrected chi connectivity index (χ2v) is 6.68. The van der Waals surface area contributed by atoms with E-state index in [1.165, 1.54) is 0 Å². The van der Waals surface area contributed by atoms with Crippen LogP contribution in [0.3, 0.4) is 0 Å². The smallest absolute Gasteiger partial charge is 0.289 e. The highest BCUT2D eigenvalue weighted by molar-refractivity contribution is 5.91. The normalized spacial score (nSPS) is 11.7. The molecule has 0 spiro atoms. The number of nitrogens with one attached hydrogen (secondary N) is 3. The van der Waals surface area contributed by atoms with E-state index in [4.69, 9.17) is 4.74 Å². The Kier molecular flexibility index (Phi) is 6.38. The Morgan fingerprint density at radius 3 is 2.86 bits per heavy atom. The Balaban J connectivity index is 1.72. The number of rotatable bonds is 8. The van der Waals surface area contributed by atoms with Crippen LogP contribution >= 0.6 is 0 Å². The third kappa shape index (κ3) is 4.87. The van der Waals surface area contributed by atoms with Crippen molar-refractivity contribution in [2.45, 2.75) is 33.2 Å². The maximum Gasteiger partial charge on any atom is 0.289 e. The maximum absolute atomic E-state index is 12.8. The Labute approximate surface area is 169 Å². The number of ether oxygens (including phenoxy) is 1. The molecule has 3 rings (SSSR count). The van der Waals surface area contributed by atoms with Crippen LogP contribution in [0.2, 0.25) is 0 Å². The number of H-pyrrole nitrogens is 1. The molecule has 3 N–H and O–H groups in total. The first-order valence-electron chi connectivity index (χ1n) is 9.36. The summed E-state index contributed by atoms with van der Waals surface area (Å²) in [6.45, 7) is 6.30. The third-order valence-corrected chi connectivity index (χ3v) is 4.63. The van der Waals surface area contributed by atoms with E-state index in [2.05, 4.69) is 35.8 Å². The lowest BCUT2D eigenvalue weighted by molar-refractivity contribution is 0.0928. The van der Waals surface area contributed by atoms with E-state index in [1.807, 2.05) is 27.0 Å². The van der Waals surface area contributed by atoms with Gasteiger partial charge in [-0.1, -0.05) is 0 Å². The molecular weight excluding hydrogens is 370 g/mol. The van der Waals surface area contributed by atoms with Crippen LogP contribution in [0.25, 0.3) is 0 Å². The van der Waals surface area contributed by atoms with Gasteiger partial charge in [-0.2, -0.15) is 5.10 Å². The third-order valence-electron chi connectivity index (χ3n) is 4.63. The van der Waals surface area contributed by atoms with Gasteiger partial charge >= 0.3 is 0 Å². The maximum atomic E-state index is 12.8. The van der Waals surface area contributed by atoms with E-state index in [-0.39, 0.29) is 17.8 Å². The quantitative estimate of drug-likeness (QED) is 0.536. The van der Waals surface area contributed by atoms with E-state index < -0.39 is 0 Å². The molecule has 0 aliphatic heterocycles. The van der Waals surface area contributed by atoms with Gasteiger partial charge in [0.25, 0.3) is 5.91 Å². The minimum atomic E-state index is -0.369. The van der Waals surface area contributed by atoms with Gasteiger partial charge in [0.2, 0.25) is 5.82 Å². The van der Waals surface area contributed by atoms with Crippen LogP contribution in [0.4, 0.5) is 5.82 Å². The molecule has 9 heteroatoms. The number of aryl methyl sites for hydroxylation is 1. The zero-order valence-corrected chi connectivity index (χ0v) is 17.0. The van der Waals surface area contributed by atoms with Crippen molar-refractivity contribution in [2.24, 2.45) is 0 Å². The Morgan fingerprint density at radius 1 is 1.31 bits per heavy atom. The van der Waals surface area contributed by atoms with Crippen LogP contribution in [-0.4, -0.2) is 44.7 Å². The van der Waals surface area contributed by atoms with Gasteiger partial charge in [0.15, 0.2) is 0 Å². The molecule has 3 aromatic rings. The molecule has 1 atom stereocenters. The molecule has 3 aromatic heterocycles. The molecule has 9 nitrogen and oxygen atoms in total. The number of carbonyl (C=O) groups is 1. The lowest BCUT2D eigenvalue weighted by Crippen LogP contribution is -2.29. The second-order valence-electron chi connectivity index (χ2n) is 6.68. The van der Waals surface area contributed by atoms with E-state index in [9.17, 15) is 4.79 Å². The number of aromatic nitrogens is 5. The molecule has 0 saturated heterocycles. The van der Waals surface area contributed by atoms with E-state index in [0.29, 0.717) is 23.8 Å². The monoisotopic (exact) mass is 395 g/mol. The van der Waals surface area contributed by atoms with Crippen LogP contribution in [0.15, 0.2) is 30.7 Å². The van der Waals surface area contributed by atoms with Crippen molar-refractivity contribution >= 4 is 11.7 Å². The molecule has 0 saturated carbocycles. The predicted octanol–water partition coefficient (Wildman–Crippen LogP) is 2.37. The Morgan fingerprint density at radius 2 is 2.14 bits per heavy atom. The van der Waals surface area contributed by atoms with Gasteiger partial charge < -0.3 is 15.4 Å². The topological polar surface area (TPSA) is 118 Å². The highest BCUT2D eigenvalue weighted by Gasteiger charge is 2.19. The van der Waals surface area contributed by atoms with E-state index >= 15 is 0 Å². The molecule has 1 unspecified atom stereocenters. The largest absolute Gasteiger partial charge is 0.495 e. The van der Waals surface area contributed by atoms with Gasteiger partial charge in [-0.3, -0.25) is 14.9 Å². The Bertz CT molecular complexity index is 973. The number of anilines is 1. The lowest BCUT2D eigenvalue weighted by Gasteiger charge is -2.16. The SMILES string of the molecule is COc1cccnc1C(C)NC(=O)c1nc(C)c(C)c(NCCc2cn[nH]c2)n1. The van der Waals surface area contributed by atoms with Crippen molar-refractivity contribution in [2.75, 3.05) is 19.0 Å². The molecule has 152 valence electrons. The number of methoxy groups -OCH3 is 1. The summed E-state index contributed by atoms with van der Waals surface area (Å²) in [5.74, 6) is 1.00. The fourth-order valence-electron chi connectivity index (χ4n) is 2.87. The first-order chi connectivity index (χ1) is 14.0. The summed E-state index contributed by atoms with van der Waals surface area (Å²) in [7, 11) is 1.57. The summed E-state index contributed by atoms with van der Waals surface area (Å²) >= 11 is 0. The number of aromatic amines is 1. The van der Waals surface area contributed by atoms with Gasteiger partial charge in [-0.25, -0.2) is 9.97 Å². The summed E-state index contributed by atoms with van der Waals surface area (Å²) in [5, 5.41) is 12.9. The second kappa shape index (κ2) is 9.13. The highest BCUT2D eigenvalue weighted by atomic mass is 16.5. The summed E-state index contributed by atoms with van der Waals surface area (Å²) in [4.78, 5) is 25.9. The van der Waals surface area contributed by atoms with Gasteiger partial charge in [0.05, 0.1) is 19.3 Å². The van der Waals surface area contributed by atoms with Gasteiger partial charge in [0, 0.05) is 30.2 Å². The number of carbonyl (C=O) groups excluding carboxylic acids is 1. The molecule has 29 heavy (non-hydrogen) atoms. The molecule has 0 bridgehead atoms. The zero-order valence-electron chi connectivity index (χ0n) is 17.0. The van der Waals surface area contributed by atoms with E-state index in [0.717, 1.165) is 23.2 Å². The molecule has 0 fully saturated rings. The molecule has 3 heterocycles. The van der Waals surface area contributed by atoms with Crippen molar-refractivity contribution in [3.8, 4) is 5.75 Å². The number of pyridine rings is 1. The number of nitrogens with zero attached hydrogens (tertiary/aromatic N) is 4. The van der Waals surface area contributed by atoms with Crippen LogP contribution in [0.1, 0.15) is 46.1 Å². The van der Waals surface area contributed by atoms with E-state index in [1.54, 1.807) is 31.6 Å². The Hall–Kier alpha value is -3.49. The first-order valence-corrected chi connectivity index (χ1v) is 9.36. The number of amides is 1. The number of hydrogen-bond acceptors (Lipinski definition) is 7. The van der Waals surface area contributed by atoms with Gasteiger partial charge in [0.1, 0.15) is 17.3 Å². The van der Waals surface area contributed by atoms with Crippen molar-refractivity contribution in [3.63, 3.8) is 0 Å². The number of hydrogen-bond donors (Lipinski definition) is 3. The first kappa shape index (κ1) is 20.2. The minimum absolute atomic E-state index is 0.112. The molecule has 0 aliphatic rings. The molecular formula is C20H25N7O2. The molecule has 1 amide bonds. The van der Waals surface area contributed by atoms with Crippen LogP contribution in [0.5, 0.6) is 5.75 Å². The zero-order chi connectivity index (χ0) is 20.8. The summed E-state index contributed by atoms with van der Waals surface area (Å²) in [6, 6.07) is 3.23. The fourth-order valence-corrected chi connectivity index (χ4v) is 2.87. The average Bonchev–Trinajstić information content (AvgIpc) is 3.24. The van der Waals surface area contributed by atoms with Crippen molar-refractivity contribution in [1.29, 1.82) is 0 Å². The standard InChI is InChI=1S/C20H25N7O2/c1-12-13(2)25-19(27-18(12)22-9-7-15-10-23-24-11-15)20(28)26-14(3)17-16(29-4)6-5-8-21-17/h5-6,8,10-11,14H,7,9H2,1-4H3,(H,23,24)(H,26,28)(H,22,25,27). The van der Waals surface area contributed by atoms with Crippen molar-refractivity contribution < 1.29 is 9.53 Å². The predicted molar refractivity (Wildman–Crippen MR) is 109 cm³/mol. The van der Waals surface area contributed by atoms with Crippen LogP contribution < -0.4 is 15.4 Å². The average molecular weight is 395 g/mol. The summed E-state index contributed by atoms with van der Waals surface area (Å²) in [5.41, 5.74) is 3.40. The van der Waals surface area contributed by atoms with Crippen molar-refractivity contribution in [3.05, 3.63) is 59.1 Å². The van der Waals surface area contributed by atoms with Crippen LogP contribution in [0, 0.1) is 13.8 Å². The molecule has 0 radical (unpaired) electrons. The van der Waals surface area contributed by atoms with Crippen LogP contribution in [-0.2, 0) is 6.42 Å². The van der Waals surface area contributed by atoms with Crippen molar-refractivity contribution in [1.82, 2.24) is 30.5 Å². The highest BCUT2D eigenvalue weighted by Crippen LogP contribution is 2.22. The minimum Gasteiger partial charge on any atom is -0.495 e. The van der Waals surface area contributed by atoms with Gasteiger partial charge in [-0.05, 0) is 44.9 Å². The molecule has 0 aromatic carbocycles. The molecule has 0 aliphatic carbocycles. The van der Waals surface area contributed by atoms with Gasteiger partial charge in [-0.15, -0.1) is 0 Å². The lowest BCUT2D eigenvalue weighted by atomic mass is 10.2. The summed E-state index contributed by atoms with van der Waals surface area (Å²) < 4.78 is 5.32. The fraction of sp³-hybridized carbons (Fsp3) is 0.350. The summed E-state index contributed by atoms with van der Waals surface area (Å²) in [6.07, 6.45) is 6.09.